The number of hydrogen-bond acceptors (Lipinski definition) is 4. The van der Waals surface area contributed by atoms with Crippen LogP contribution >= 0.6 is 0 Å². The lowest BCUT2D eigenvalue weighted by Crippen LogP contribution is -2.55. The van der Waals surface area contributed by atoms with Gasteiger partial charge in [-0.15, -0.1) is 0 Å². The van der Waals surface area contributed by atoms with Crippen LogP contribution in [0.5, 0.6) is 0 Å². The molecule has 0 spiro atoms. The quantitative estimate of drug-likeness (QED) is 0.687. The van der Waals surface area contributed by atoms with Gasteiger partial charge in [0.2, 0.25) is 11.8 Å². The van der Waals surface area contributed by atoms with Crippen LogP contribution < -0.4 is 10.6 Å². The summed E-state index contributed by atoms with van der Waals surface area (Å²) in [6.07, 6.45) is 1.47. The SMILES string of the molecule is CC(NC(=O)C(C)(C)C)C(=O)NC(C(=O)O)C1CCCOC1. The smallest absolute Gasteiger partial charge is 0.326 e. The maximum Gasteiger partial charge on any atom is 0.326 e. The number of hydrogen-bond donors (Lipinski definition) is 3. The zero-order chi connectivity index (χ0) is 16.9. The van der Waals surface area contributed by atoms with Crippen molar-refractivity contribution in [1.82, 2.24) is 10.6 Å². The van der Waals surface area contributed by atoms with Crippen molar-refractivity contribution in [3.63, 3.8) is 0 Å². The Labute approximate surface area is 130 Å². The number of carbonyl (C=O) groups excluding carboxylic acids is 2. The topological polar surface area (TPSA) is 105 Å². The van der Waals surface area contributed by atoms with Crippen LogP contribution in [0.1, 0.15) is 40.5 Å². The maximum absolute atomic E-state index is 12.1. The first-order valence-corrected chi connectivity index (χ1v) is 7.55. The minimum absolute atomic E-state index is 0.249. The van der Waals surface area contributed by atoms with Crippen molar-refractivity contribution in [2.24, 2.45) is 11.3 Å². The van der Waals surface area contributed by atoms with Gasteiger partial charge in [0.1, 0.15) is 12.1 Å². The van der Waals surface area contributed by atoms with Crippen LogP contribution in [0.2, 0.25) is 0 Å². The summed E-state index contributed by atoms with van der Waals surface area (Å²) in [6.45, 7) is 7.70. The molecule has 1 rings (SSSR count). The molecule has 3 atom stereocenters. The molecule has 1 saturated heterocycles. The molecule has 7 heteroatoms. The van der Waals surface area contributed by atoms with Crippen molar-refractivity contribution in [3.05, 3.63) is 0 Å². The Morgan fingerprint density at radius 3 is 2.32 bits per heavy atom. The van der Waals surface area contributed by atoms with E-state index in [1.54, 1.807) is 20.8 Å². The zero-order valence-corrected chi connectivity index (χ0v) is 13.6. The molecule has 1 aliphatic heterocycles. The molecule has 126 valence electrons. The Morgan fingerprint density at radius 1 is 1.23 bits per heavy atom. The third-order valence-corrected chi connectivity index (χ3v) is 3.65. The summed E-state index contributed by atoms with van der Waals surface area (Å²) in [6, 6.07) is -1.79. The molecule has 1 aliphatic rings. The second-order valence-electron chi connectivity index (χ2n) is 6.75. The molecule has 0 aromatic rings. The molecule has 1 heterocycles. The van der Waals surface area contributed by atoms with E-state index in [-0.39, 0.29) is 11.8 Å². The molecule has 7 nitrogen and oxygen atoms in total. The fourth-order valence-electron chi connectivity index (χ4n) is 2.17. The molecule has 3 N–H and O–H groups in total. The highest BCUT2D eigenvalue weighted by Gasteiger charge is 2.33. The Hall–Kier alpha value is -1.63. The van der Waals surface area contributed by atoms with E-state index in [0.717, 1.165) is 6.42 Å². The van der Waals surface area contributed by atoms with Gasteiger partial charge in [0.15, 0.2) is 0 Å². The lowest BCUT2D eigenvalue weighted by Gasteiger charge is -2.29. The predicted molar refractivity (Wildman–Crippen MR) is 80.2 cm³/mol. The monoisotopic (exact) mass is 314 g/mol. The van der Waals surface area contributed by atoms with Gasteiger partial charge in [0.05, 0.1) is 6.61 Å². The minimum atomic E-state index is -1.09. The number of carboxylic acid groups (broad SMARTS) is 1. The van der Waals surface area contributed by atoms with Gasteiger partial charge in [-0.3, -0.25) is 9.59 Å². The van der Waals surface area contributed by atoms with Crippen LogP contribution in [0.25, 0.3) is 0 Å². The Balaban J connectivity index is 2.62. The van der Waals surface area contributed by atoms with Gasteiger partial charge in [-0.05, 0) is 19.8 Å². The number of nitrogens with one attached hydrogen (secondary N) is 2. The van der Waals surface area contributed by atoms with Crippen LogP contribution in [0.4, 0.5) is 0 Å². The van der Waals surface area contributed by atoms with Crippen molar-refractivity contribution in [1.29, 1.82) is 0 Å². The summed E-state index contributed by atoms with van der Waals surface area (Å²) in [5, 5.41) is 14.4. The van der Waals surface area contributed by atoms with Gasteiger partial charge >= 0.3 is 5.97 Å². The van der Waals surface area contributed by atoms with Gasteiger partial charge in [-0.2, -0.15) is 0 Å². The van der Waals surface area contributed by atoms with Crippen LogP contribution in [0.3, 0.4) is 0 Å². The molecular weight excluding hydrogens is 288 g/mol. The van der Waals surface area contributed by atoms with Gasteiger partial charge in [-0.25, -0.2) is 4.79 Å². The average molecular weight is 314 g/mol. The highest BCUT2D eigenvalue weighted by atomic mass is 16.5. The number of amides is 2. The zero-order valence-electron chi connectivity index (χ0n) is 13.6. The lowest BCUT2D eigenvalue weighted by atomic mass is 9.93. The predicted octanol–water partition coefficient (Wildman–Crippen LogP) is 0.533. The molecule has 0 saturated carbocycles. The van der Waals surface area contributed by atoms with E-state index in [1.165, 1.54) is 6.92 Å². The number of ether oxygens (including phenoxy) is 1. The van der Waals surface area contributed by atoms with Crippen LogP contribution in [-0.4, -0.2) is 48.2 Å². The molecular formula is C15H26N2O5. The largest absolute Gasteiger partial charge is 0.480 e. The van der Waals surface area contributed by atoms with Gasteiger partial charge in [-0.1, -0.05) is 20.8 Å². The average Bonchev–Trinajstić information content (AvgIpc) is 2.43. The summed E-state index contributed by atoms with van der Waals surface area (Å²) in [4.78, 5) is 35.4. The van der Waals surface area contributed by atoms with E-state index in [9.17, 15) is 19.5 Å². The van der Waals surface area contributed by atoms with E-state index in [1.807, 2.05) is 0 Å². The first-order valence-electron chi connectivity index (χ1n) is 7.55. The second-order valence-corrected chi connectivity index (χ2v) is 6.75. The van der Waals surface area contributed by atoms with Crippen molar-refractivity contribution in [3.8, 4) is 0 Å². The fraction of sp³-hybridized carbons (Fsp3) is 0.800. The van der Waals surface area contributed by atoms with Crippen molar-refractivity contribution in [2.45, 2.75) is 52.6 Å². The van der Waals surface area contributed by atoms with Crippen molar-refractivity contribution >= 4 is 17.8 Å². The van der Waals surface area contributed by atoms with Gasteiger partial charge in [0.25, 0.3) is 0 Å². The third kappa shape index (κ3) is 5.29. The normalized spacial score (nSPS) is 21.5. The molecule has 0 radical (unpaired) electrons. The standard InChI is InChI=1S/C15H26N2O5/c1-9(16-14(21)15(2,3)4)12(18)17-11(13(19)20)10-6-5-7-22-8-10/h9-11H,5-8H2,1-4H3,(H,16,21)(H,17,18)(H,19,20). The number of rotatable bonds is 5. The Morgan fingerprint density at radius 2 is 1.86 bits per heavy atom. The summed E-state index contributed by atoms with van der Waals surface area (Å²) < 4.78 is 5.28. The summed E-state index contributed by atoms with van der Waals surface area (Å²) >= 11 is 0. The number of carbonyl (C=O) groups is 3. The van der Waals surface area contributed by atoms with Crippen molar-refractivity contribution in [2.75, 3.05) is 13.2 Å². The van der Waals surface area contributed by atoms with Gasteiger partial charge < -0.3 is 20.5 Å². The first kappa shape index (κ1) is 18.4. The minimum Gasteiger partial charge on any atom is -0.480 e. The summed E-state index contributed by atoms with van der Waals surface area (Å²) in [7, 11) is 0. The summed E-state index contributed by atoms with van der Waals surface area (Å²) in [5.74, 6) is -2.10. The van der Waals surface area contributed by atoms with E-state index in [2.05, 4.69) is 10.6 Å². The van der Waals surface area contributed by atoms with Crippen molar-refractivity contribution < 1.29 is 24.2 Å². The van der Waals surface area contributed by atoms with Gasteiger partial charge in [0, 0.05) is 17.9 Å². The molecule has 2 amide bonds. The van der Waals surface area contributed by atoms with E-state index in [0.29, 0.717) is 19.6 Å². The van der Waals surface area contributed by atoms with E-state index < -0.39 is 29.4 Å². The molecule has 22 heavy (non-hydrogen) atoms. The molecule has 0 aliphatic carbocycles. The lowest BCUT2D eigenvalue weighted by molar-refractivity contribution is -0.145. The Bertz CT molecular complexity index is 424. The number of aliphatic carboxylic acids is 1. The summed E-state index contributed by atoms with van der Waals surface area (Å²) in [5.41, 5.74) is -0.613. The molecule has 0 aromatic heterocycles. The molecule has 0 aromatic carbocycles. The Kier molecular flexibility index (Phi) is 6.34. The fourth-order valence-corrected chi connectivity index (χ4v) is 2.17. The highest BCUT2D eigenvalue weighted by Crippen LogP contribution is 2.18. The van der Waals surface area contributed by atoms with Crippen LogP contribution in [0.15, 0.2) is 0 Å². The first-order chi connectivity index (χ1) is 10.1. The molecule has 1 fully saturated rings. The van der Waals surface area contributed by atoms with Crippen LogP contribution in [-0.2, 0) is 19.1 Å². The van der Waals surface area contributed by atoms with E-state index >= 15 is 0 Å². The molecule has 3 unspecified atom stereocenters. The third-order valence-electron chi connectivity index (χ3n) is 3.65. The van der Waals surface area contributed by atoms with Crippen LogP contribution in [0, 0.1) is 11.3 Å². The second kappa shape index (κ2) is 7.58. The maximum atomic E-state index is 12.1. The highest BCUT2D eigenvalue weighted by molar-refractivity contribution is 5.91. The molecule has 0 bridgehead atoms. The number of carboxylic acids is 1. The van der Waals surface area contributed by atoms with E-state index in [4.69, 9.17) is 4.74 Å².